The molecule has 2 N–H and O–H groups in total. The summed E-state index contributed by atoms with van der Waals surface area (Å²) >= 11 is 0. The predicted molar refractivity (Wildman–Crippen MR) is 90.8 cm³/mol. The van der Waals surface area contributed by atoms with E-state index in [1.54, 1.807) is 12.4 Å². The van der Waals surface area contributed by atoms with Gasteiger partial charge in [-0.3, -0.25) is 9.78 Å². The summed E-state index contributed by atoms with van der Waals surface area (Å²) in [6.45, 7) is 1.63. The molecular weight excluding hydrogens is 302 g/mol. The van der Waals surface area contributed by atoms with Crippen LogP contribution in [0.4, 0.5) is 0 Å². The maximum atomic E-state index is 12.7. The van der Waals surface area contributed by atoms with Crippen molar-refractivity contribution in [1.29, 1.82) is 0 Å². The Morgan fingerprint density at radius 3 is 2.67 bits per heavy atom. The molecule has 4 rings (SSSR count). The smallest absolute Gasteiger partial charge is 0.253 e. The van der Waals surface area contributed by atoms with Crippen molar-refractivity contribution in [3.05, 3.63) is 54.4 Å². The van der Waals surface area contributed by atoms with E-state index in [9.17, 15) is 4.79 Å². The second-order valence-corrected chi connectivity index (χ2v) is 6.69. The van der Waals surface area contributed by atoms with E-state index in [1.165, 1.54) is 0 Å². The first-order chi connectivity index (χ1) is 11.7. The van der Waals surface area contributed by atoms with Gasteiger partial charge in [-0.25, -0.2) is 0 Å². The lowest BCUT2D eigenvalue weighted by Crippen LogP contribution is -2.33. The number of hydrogen-bond acceptors (Lipinski definition) is 4. The molecule has 2 fully saturated rings. The molecule has 2 heterocycles. The Labute approximate surface area is 141 Å². The Morgan fingerprint density at radius 1 is 1.12 bits per heavy atom. The molecule has 3 unspecified atom stereocenters. The molecule has 5 heteroatoms. The van der Waals surface area contributed by atoms with Crippen LogP contribution in [0.5, 0.6) is 11.5 Å². The third kappa shape index (κ3) is 2.87. The van der Waals surface area contributed by atoms with E-state index < -0.39 is 0 Å². The van der Waals surface area contributed by atoms with Gasteiger partial charge in [-0.05, 0) is 61.1 Å². The molecule has 1 aliphatic heterocycles. The largest absolute Gasteiger partial charge is 0.456 e. The zero-order chi connectivity index (χ0) is 16.5. The summed E-state index contributed by atoms with van der Waals surface area (Å²) in [6.07, 6.45) is 5.60. The number of pyridine rings is 1. The first-order valence-electron chi connectivity index (χ1n) is 8.43. The van der Waals surface area contributed by atoms with Gasteiger partial charge in [-0.15, -0.1) is 0 Å². The Hall–Kier alpha value is -2.40. The number of aromatic nitrogens is 1. The Balaban J connectivity index is 1.42. The number of likely N-dealkylation sites (tertiary alicyclic amines) is 1. The summed E-state index contributed by atoms with van der Waals surface area (Å²) in [4.78, 5) is 18.7. The highest BCUT2D eigenvalue weighted by Gasteiger charge is 2.42. The van der Waals surface area contributed by atoms with Crippen molar-refractivity contribution in [1.82, 2.24) is 9.88 Å². The van der Waals surface area contributed by atoms with Gasteiger partial charge in [0.05, 0.1) is 6.20 Å². The van der Waals surface area contributed by atoms with Crippen LogP contribution in [0.25, 0.3) is 0 Å². The normalized spacial score (nSPS) is 25.5. The summed E-state index contributed by atoms with van der Waals surface area (Å²) in [5.74, 6) is 2.52. The number of rotatable bonds is 3. The van der Waals surface area contributed by atoms with Crippen molar-refractivity contribution >= 4 is 5.91 Å². The van der Waals surface area contributed by atoms with Crippen molar-refractivity contribution in [2.24, 2.45) is 17.6 Å². The van der Waals surface area contributed by atoms with E-state index in [0.717, 1.165) is 25.9 Å². The average molecular weight is 323 g/mol. The molecule has 1 aromatic carbocycles. The first kappa shape index (κ1) is 15.1. The molecule has 24 heavy (non-hydrogen) atoms. The van der Waals surface area contributed by atoms with Gasteiger partial charge in [0.15, 0.2) is 0 Å². The summed E-state index contributed by atoms with van der Waals surface area (Å²) in [5.41, 5.74) is 6.85. The molecular formula is C19H21N3O2. The minimum Gasteiger partial charge on any atom is -0.456 e. The second-order valence-electron chi connectivity index (χ2n) is 6.69. The number of carbonyl (C=O) groups excluding carboxylic acids is 1. The SMILES string of the molecule is NC1CCC2CN(C(=O)c3ccc(Oc4cccnc4)cc3)CC12. The van der Waals surface area contributed by atoms with Gasteiger partial charge in [-0.2, -0.15) is 0 Å². The standard InChI is InChI=1S/C19H21N3O2/c20-18-8-5-14-11-22(12-17(14)18)19(23)13-3-6-15(7-4-13)24-16-2-1-9-21-10-16/h1-4,6-7,9-10,14,17-18H,5,8,11-12,20H2. The molecule has 1 aromatic heterocycles. The molecule has 2 aliphatic rings. The highest BCUT2D eigenvalue weighted by Crippen LogP contribution is 2.37. The fourth-order valence-electron chi connectivity index (χ4n) is 3.87. The van der Waals surface area contributed by atoms with Crippen molar-refractivity contribution in [3.63, 3.8) is 0 Å². The van der Waals surface area contributed by atoms with Gasteiger partial charge in [0.25, 0.3) is 5.91 Å². The highest BCUT2D eigenvalue weighted by atomic mass is 16.5. The Kier molecular flexibility index (Phi) is 3.94. The third-order valence-corrected chi connectivity index (χ3v) is 5.17. The van der Waals surface area contributed by atoms with Gasteiger partial charge in [0.1, 0.15) is 11.5 Å². The van der Waals surface area contributed by atoms with Crippen LogP contribution in [-0.4, -0.2) is 34.9 Å². The average Bonchev–Trinajstić information content (AvgIpc) is 3.18. The number of ether oxygens (including phenoxy) is 1. The van der Waals surface area contributed by atoms with Crippen LogP contribution in [0.3, 0.4) is 0 Å². The number of benzene rings is 1. The maximum Gasteiger partial charge on any atom is 0.253 e. The van der Waals surface area contributed by atoms with E-state index in [0.29, 0.717) is 28.9 Å². The fourth-order valence-corrected chi connectivity index (χ4v) is 3.87. The van der Waals surface area contributed by atoms with Crippen LogP contribution >= 0.6 is 0 Å². The number of carbonyl (C=O) groups is 1. The van der Waals surface area contributed by atoms with Gasteiger partial charge >= 0.3 is 0 Å². The minimum absolute atomic E-state index is 0.0875. The molecule has 5 nitrogen and oxygen atoms in total. The lowest BCUT2D eigenvalue weighted by molar-refractivity contribution is 0.0779. The minimum atomic E-state index is 0.0875. The summed E-state index contributed by atoms with van der Waals surface area (Å²) < 4.78 is 5.71. The summed E-state index contributed by atoms with van der Waals surface area (Å²) in [7, 11) is 0. The number of fused-ring (bicyclic) bond motifs is 1. The molecule has 0 bridgehead atoms. The molecule has 2 aromatic rings. The molecule has 0 radical (unpaired) electrons. The summed E-state index contributed by atoms with van der Waals surface area (Å²) in [5, 5.41) is 0. The van der Waals surface area contributed by atoms with E-state index in [-0.39, 0.29) is 11.9 Å². The first-order valence-corrected chi connectivity index (χ1v) is 8.43. The maximum absolute atomic E-state index is 12.7. The van der Waals surface area contributed by atoms with Crippen LogP contribution in [0.1, 0.15) is 23.2 Å². The van der Waals surface area contributed by atoms with Crippen LogP contribution in [-0.2, 0) is 0 Å². The van der Waals surface area contributed by atoms with Crippen molar-refractivity contribution in [2.45, 2.75) is 18.9 Å². The van der Waals surface area contributed by atoms with Crippen LogP contribution in [0.15, 0.2) is 48.8 Å². The molecule has 1 saturated carbocycles. The number of nitrogens with two attached hydrogens (primary N) is 1. The number of hydrogen-bond donors (Lipinski definition) is 1. The topological polar surface area (TPSA) is 68.5 Å². The molecule has 3 atom stereocenters. The van der Waals surface area contributed by atoms with Gasteiger partial charge < -0.3 is 15.4 Å². The monoisotopic (exact) mass is 323 g/mol. The van der Waals surface area contributed by atoms with Crippen LogP contribution in [0, 0.1) is 11.8 Å². The second kappa shape index (κ2) is 6.24. The predicted octanol–water partition coefficient (Wildman–Crippen LogP) is 2.68. The van der Waals surface area contributed by atoms with E-state index in [2.05, 4.69) is 4.98 Å². The third-order valence-electron chi connectivity index (χ3n) is 5.17. The van der Waals surface area contributed by atoms with E-state index in [1.807, 2.05) is 41.3 Å². The van der Waals surface area contributed by atoms with Crippen molar-refractivity contribution < 1.29 is 9.53 Å². The highest BCUT2D eigenvalue weighted by molar-refractivity contribution is 5.94. The quantitative estimate of drug-likeness (QED) is 0.943. The Bertz CT molecular complexity index is 717. The summed E-state index contributed by atoms with van der Waals surface area (Å²) in [6, 6.07) is 11.2. The van der Waals surface area contributed by atoms with Crippen LogP contribution < -0.4 is 10.5 Å². The van der Waals surface area contributed by atoms with Gasteiger partial charge in [0.2, 0.25) is 0 Å². The van der Waals surface area contributed by atoms with Gasteiger partial charge in [-0.1, -0.05) is 0 Å². The van der Waals surface area contributed by atoms with Crippen molar-refractivity contribution in [2.75, 3.05) is 13.1 Å². The van der Waals surface area contributed by atoms with Crippen molar-refractivity contribution in [3.8, 4) is 11.5 Å². The van der Waals surface area contributed by atoms with Crippen LogP contribution in [0.2, 0.25) is 0 Å². The van der Waals surface area contributed by atoms with E-state index in [4.69, 9.17) is 10.5 Å². The molecule has 1 saturated heterocycles. The lowest BCUT2D eigenvalue weighted by atomic mass is 9.98. The molecule has 1 amide bonds. The molecule has 1 aliphatic carbocycles. The Morgan fingerprint density at radius 2 is 1.96 bits per heavy atom. The lowest BCUT2D eigenvalue weighted by Gasteiger charge is -2.19. The molecule has 0 spiro atoms. The number of nitrogens with zero attached hydrogens (tertiary/aromatic N) is 2. The van der Waals surface area contributed by atoms with Gasteiger partial charge in [0, 0.05) is 30.9 Å². The zero-order valence-electron chi connectivity index (χ0n) is 13.5. The van der Waals surface area contributed by atoms with E-state index >= 15 is 0 Å². The fraction of sp³-hybridized carbons (Fsp3) is 0.368. The zero-order valence-corrected chi connectivity index (χ0v) is 13.5. The number of amides is 1. The molecule has 124 valence electrons.